The lowest BCUT2D eigenvalue weighted by Crippen LogP contribution is -2.49. The van der Waals surface area contributed by atoms with Crippen molar-refractivity contribution in [3.63, 3.8) is 0 Å². The minimum atomic E-state index is -0.416. The van der Waals surface area contributed by atoms with Crippen molar-refractivity contribution in [3.8, 4) is 11.5 Å². The van der Waals surface area contributed by atoms with Crippen LogP contribution < -0.4 is 24.6 Å². The topological polar surface area (TPSA) is 124 Å². The molecular formula is C32H42Cl2N8O5. The lowest BCUT2D eigenvalue weighted by molar-refractivity contribution is -0.137. The molecule has 3 aliphatic heterocycles. The van der Waals surface area contributed by atoms with E-state index in [0.29, 0.717) is 42.5 Å². The molecule has 0 radical (unpaired) electrons. The molecule has 2 saturated heterocycles. The van der Waals surface area contributed by atoms with Crippen LogP contribution in [-0.4, -0.2) is 116 Å². The highest BCUT2D eigenvalue weighted by Gasteiger charge is 2.42. The number of carbonyl (C=O) groups excluding carboxylic acids is 3. The Morgan fingerprint density at radius 3 is 2.38 bits per heavy atom. The lowest BCUT2D eigenvalue weighted by atomic mass is 9.96. The third kappa shape index (κ3) is 6.79. The Morgan fingerprint density at radius 1 is 1.13 bits per heavy atom. The van der Waals surface area contributed by atoms with Crippen molar-refractivity contribution >= 4 is 58.5 Å². The van der Waals surface area contributed by atoms with Crippen molar-refractivity contribution in [2.45, 2.75) is 44.8 Å². The zero-order chi connectivity index (χ0) is 34.0. The van der Waals surface area contributed by atoms with Gasteiger partial charge in [0.2, 0.25) is 17.8 Å². The third-order valence-electron chi connectivity index (χ3n) is 9.13. The van der Waals surface area contributed by atoms with Gasteiger partial charge in [0.25, 0.3) is 0 Å². The second-order valence-corrected chi connectivity index (χ2v) is 12.9. The average molecular weight is 690 g/mol. The van der Waals surface area contributed by atoms with Gasteiger partial charge in [-0.2, -0.15) is 4.98 Å². The number of amides is 4. The third-order valence-corrected chi connectivity index (χ3v) is 9.86. The van der Waals surface area contributed by atoms with Crippen LogP contribution in [0, 0.1) is 5.92 Å². The normalized spacial score (nSPS) is 20.2. The number of fused-ring (bicyclic) bond motifs is 1. The molecule has 0 aliphatic carbocycles. The largest absolute Gasteiger partial charge is 0.495 e. The Hall–Kier alpha value is -3.81. The smallest absolute Gasteiger partial charge is 0.330 e. The number of urea groups is 1. The predicted octanol–water partition coefficient (Wildman–Crippen LogP) is 4.13. The summed E-state index contributed by atoms with van der Waals surface area (Å²) in [5.74, 6) is 1.17. The van der Waals surface area contributed by atoms with Crippen LogP contribution in [0.5, 0.6) is 11.5 Å². The maximum atomic E-state index is 13.7. The highest BCUT2D eigenvalue weighted by molar-refractivity contribution is 6.42. The molecule has 3 aliphatic rings. The molecule has 4 amide bonds. The lowest BCUT2D eigenvalue weighted by Gasteiger charge is -2.35. The minimum absolute atomic E-state index is 0.0468. The number of nitrogens with one attached hydrogen (secondary N) is 1. The predicted molar refractivity (Wildman–Crippen MR) is 182 cm³/mol. The summed E-state index contributed by atoms with van der Waals surface area (Å²) >= 11 is 13.3. The van der Waals surface area contributed by atoms with E-state index < -0.39 is 6.03 Å². The van der Waals surface area contributed by atoms with E-state index in [9.17, 15) is 14.4 Å². The van der Waals surface area contributed by atoms with Gasteiger partial charge in [0.05, 0.1) is 38.5 Å². The molecule has 47 heavy (non-hydrogen) atoms. The molecule has 15 heteroatoms. The van der Waals surface area contributed by atoms with E-state index in [-0.39, 0.29) is 58.0 Å². The molecule has 2 atom stereocenters. The molecule has 1 aromatic carbocycles. The molecule has 0 spiro atoms. The number of hydrogen-bond donors (Lipinski definition) is 1. The summed E-state index contributed by atoms with van der Waals surface area (Å²) in [5, 5.41) is 3.73. The fraction of sp³-hybridized carbons (Fsp3) is 0.531. The van der Waals surface area contributed by atoms with Crippen molar-refractivity contribution in [2.24, 2.45) is 5.92 Å². The number of hydrogen-bond acceptors (Lipinski definition) is 9. The van der Waals surface area contributed by atoms with Crippen LogP contribution in [0.15, 0.2) is 24.9 Å². The van der Waals surface area contributed by atoms with Gasteiger partial charge in [-0.3, -0.25) is 19.4 Å². The average Bonchev–Trinajstić information content (AvgIpc) is 3.49. The summed E-state index contributed by atoms with van der Waals surface area (Å²) in [5.41, 5.74) is 0.906. The Balaban J connectivity index is 1.42. The van der Waals surface area contributed by atoms with E-state index in [4.69, 9.17) is 37.7 Å². The quantitative estimate of drug-likeness (QED) is 0.367. The zero-order valence-electron chi connectivity index (χ0n) is 27.5. The first-order valence-electron chi connectivity index (χ1n) is 15.7. The van der Waals surface area contributed by atoms with Gasteiger partial charge in [-0.25, -0.2) is 9.78 Å². The molecule has 2 unspecified atom stereocenters. The van der Waals surface area contributed by atoms with E-state index >= 15 is 0 Å². The number of likely N-dealkylation sites (tertiary alicyclic amines) is 2. The van der Waals surface area contributed by atoms with Gasteiger partial charge in [-0.05, 0) is 45.5 Å². The van der Waals surface area contributed by atoms with E-state index in [0.717, 1.165) is 32.4 Å². The summed E-state index contributed by atoms with van der Waals surface area (Å²) in [6.07, 6.45) is 5.32. The van der Waals surface area contributed by atoms with Crippen LogP contribution in [0.4, 0.5) is 22.2 Å². The number of carbonyl (C=O) groups is 3. The van der Waals surface area contributed by atoms with Crippen molar-refractivity contribution in [1.29, 1.82) is 0 Å². The first-order chi connectivity index (χ1) is 22.5. The standard InChI is InChI=1S/C32H42Cl2N8O5/c1-7-11-41(25(43)8-2)22-18-40(30(44)19-9-12-38(3)13-10-19)17-21(22)36-31-35-15-20-16-42(32(45)39(4)29(20)37-31)28-26(33)23(46-5)14-24(47-6)27(28)34/h8,14-15,19,21-22H,2,7,9-13,16-18H2,1,3-6H3,(H,35,36,37). The second kappa shape index (κ2) is 14.5. The summed E-state index contributed by atoms with van der Waals surface area (Å²) in [7, 11) is 6.61. The zero-order valence-corrected chi connectivity index (χ0v) is 29.0. The van der Waals surface area contributed by atoms with Gasteiger partial charge in [-0.15, -0.1) is 0 Å². The first kappa shape index (κ1) is 34.5. The molecular weight excluding hydrogens is 647 g/mol. The van der Waals surface area contributed by atoms with E-state index in [2.05, 4.69) is 28.8 Å². The molecule has 1 N–H and O–H groups in total. The molecule has 5 rings (SSSR count). The van der Waals surface area contributed by atoms with Gasteiger partial charge in [0.15, 0.2) is 0 Å². The van der Waals surface area contributed by atoms with Crippen molar-refractivity contribution < 1.29 is 23.9 Å². The van der Waals surface area contributed by atoms with Crippen molar-refractivity contribution in [3.05, 3.63) is 40.5 Å². The van der Waals surface area contributed by atoms with Gasteiger partial charge in [0, 0.05) is 50.4 Å². The van der Waals surface area contributed by atoms with Gasteiger partial charge < -0.3 is 29.5 Å². The van der Waals surface area contributed by atoms with Gasteiger partial charge in [0.1, 0.15) is 27.4 Å². The Labute approximate surface area is 285 Å². The van der Waals surface area contributed by atoms with Crippen LogP contribution in [-0.2, 0) is 16.1 Å². The van der Waals surface area contributed by atoms with Crippen LogP contribution >= 0.6 is 23.2 Å². The summed E-state index contributed by atoms with van der Waals surface area (Å²) in [4.78, 5) is 58.4. The van der Waals surface area contributed by atoms with E-state index in [1.807, 2.05) is 11.8 Å². The van der Waals surface area contributed by atoms with E-state index in [1.165, 1.54) is 30.1 Å². The highest BCUT2D eigenvalue weighted by atomic mass is 35.5. The maximum absolute atomic E-state index is 13.7. The number of ether oxygens (including phenoxy) is 2. The second-order valence-electron chi connectivity index (χ2n) is 12.1. The molecule has 0 saturated carbocycles. The fourth-order valence-electron chi connectivity index (χ4n) is 6.56. The minimum Gasteiger partial charge on any atom is -0.495 e. The molecule has 0 bridgehead atoms. The molecule has 13 nitrogen and oxygen atoms in total. The number of halogens is 2. The molecule has 1 aromatic heterocycles. The summed E-state index contributed by atoms with van der Waals surface area (Å²) in [6.45, 7) is 8.86. The monoisotopic (exact) mass is 688 g/mol. The van der Waals surface area contributed by atoms with Crippen LogP contribution in [0.2, 0.25) is 10.0 Å². The molecule has 2 fully saturated rings. The van der Waals surface area contributed by atoms with Crippen LogP contribution in [0.1, 0.15) is 31.7 Å². The van der Waals surface area contributed by atoms with Crippen molar-refractivity contribution in [1.82, 2.24) is 24.7 Å². The van der Waals surface area contributed by atoms with Crippen LogP contribution in [0.25, 0.3) is 0 Å². The number of benzene rings is 1. The first-order valence-corrected chi connectivity index (χ1v) is 16.5. The van der Waals surface area contributed by atoms with Gasteiger partial charge in [-0.1, -0.05) is 36.7 Å². The van der Waals surface area contributed by atoms with Gasteiger partial charge >= 0.3 is 6.03 Å². The molecule has 254 valence electrons. The Kier molecular flexibility index (Phi) is 10.7. The van der Waals surface area contributed by atoms with Crippen LogP contribution in [0.3, 0.4) is 0 Å². The number of piperidine rings is 1. The summed E-state index contributed by atoms with van der Waals surface area (Å²) in [6, 6.07) is 0.476. The highest BCUT2D eigenvalue weighted by Crippen LogP contribution is 2.47. The Bertz CT molecular complexity index is 1510. The number of methoxy groups -OCH3 is 2. The summed E-state index contributed by atoms with van der Waals surface area (Å²) < 4.78 is 10.8. The Morgan fingerprint density at radius 2 is 1.79 bits per heavy atom. The van der Waals surface area contributed by atoms with Crippen molar-refractivity contribution in [2.75, 3.05) is 76.2 Å². The fourth-order valence-corrected chi connectivity index (χ4v) is 7.27. The molecule has 2 aromatic rings. The molecule has 4 heterocycles. The number of anilines is 3. The van der Waals surface area contributed by atoms with E-state index in [1.54, 1.807) is 24.2 Å². The SMILES string of the molecule is C=CC(=O)N(CCC)C1CN(C(=O)C2CCN(C)CC2)CC1Nc1ncc2c(n1)N(C)C(=O)N(c1c(Cl)c(OC)cc(OC)c1Cl)C2. The maximum Gasteiger partial charge on any atom is 0.330 e. The number of nitrogens with zero attached hydrogens (tertiary/aromatic N) is 7. The number of rotatable bonds is 10. The number of aromatic nitrogens is 2.